The molecule has 6 nitrogen and oxygen atoms in total. The van der Waals surface area contributed by atoms with Crippen LogP contribution in [0.3, 0.4) is 0 Å². The molecular weight excluding hydrogens is 336 g/mol. The van der Waals surface area contributed by atoms with Crippen LogP contribution in [0.25, 0.3) is 0 Å². The maximum absolute atomic E-state index is 11.9. The van der Waals surface area contributed by atoms with Gasteiger partial charge < -0.3 is 9.47 Å². The normalized spacial score (nSPS) is 10.5. The van der Waals surface area contributed by atoms with Crippen LogP contribution >= 0.6 is 0 Å². The molecule has 0 aliphatic carbocycles. The third kappa shape index (κ3) is 10.6. The first-order valence-electron chi connectivity index (χ1n) is 8.62. The molecule has 0 radical (unpaired) electrons. The largest absolute Gasteiger partial charge is 0.371 e. The second-order valence-electron chi connectivity index (χ2n) is 6.26. The molecule has 26 heavy (non-hydrogen) atoms. The molecule has 0 aliphatic rings. The summed E-state index contributed by atoms with van der Waals surface area (Å²) in [5.41, 5.74) is 1.88. The van der Waals surface area contributed by atoms with E-state index in [0.717, 1.165) is 11.1 Å². The van der Waals surface area contributed by atoms with E-state index < -0.39 is 0 Å². The number of aryl methyl sites for hydroxylation is 1. The van der Waals surface area contributed by atoms with E-state index in [1.54, 1.807) is 0 Å². The molecule has 1 aromatic carbocycles. The van der Waals surface area contributed by atoms with Crippen molar-refractivity contribution < 1.29 is 28.7 Å². The number of carbonyl (C=O) groups excluding carboxylic acids is 4. The molecule has 6 heteroatoms. The lowest BCUT2D eigenvalue weighted by atomic mass is 10.0. The zero-order valence-electron chi connectivity index (χ0n) is 15.4. The minimum atomic E-state index is -0.114. The standard InChI is InChI=1S/C20H26O6/c1-15(21)11-19(23)8-7-17-3-5-18(6-4-17)12-20(24)14-26-10-9-25-13-16(2)22/h3-6H,7-14H2,1-2H3. The van der Waals surface area contributed by atoms with Gasteiger partial charge in [-0.05, 0) is 31.4 Å². The van der Waals surface area contributed by atoms with Gasteiger partial charge in [0.1, 0.15) is 24.8 Å². The first kappa shape index (κ1) is 21.9. The number of rotatable bonds is 14. The van der Waals surface area contributed by atoms with Gasteiger partial charge in [0.05, 0.1) is 19.6 Å². The van der Waals surface area contributed by atoms with Crippen molar-refractivity contribution in [3.05, 3.63) is 35.4 Å². The van der Waals surface area contributed by atoms with Gasteiger partial charge in [-0.2, -0.15) is 0 Å². The Morgan fingerprint density at radius 2 is 1.35 bits per heavy atom. The fourth-order valence-electron chi connectivity index (χ4n) is 2.27. The Bertz CT molecular complexity index is 618. The van der Waals surface area contributed by atoms with Gasteiger partial charge in [-0.3, -0.25) is 19.2 Å². The third-order valence-electron chi connectivity index (χ3n) is 3.50. The summed E-state index contributed by atoms with van der Waals surface area (Å²) in [5.74, 6) is -0.258. The molecule has 0 N–H and O–H groups in total. The van der Waals surface area contributed by atoms with Gasteiger partial charge in [-0.25, -0.2) is 0 Å². The molecule has 142 valence electrons. The molecule has 0 bridgehead atoms. The number of benzene rings is 1. The summed E-state index contributed by atoms with van der Waals surface area (Å²) in [6.45, 7) is 3.47. The van der Waals surface area contributed by atoms with Gasteiger partial charge in [0.15, 0.2) is 11.6 Å². The predicted molar refractivity (Wildman–Crippen MR) is 96.1 cm³/mol. The molecular formula is C20H26O6. The Labute approximate surface area is 153 Å². The molecule has 0 unspecified atom stereocenters. The van der Waals surface area contributed by atoms with Crippen molar-refractivity contribution in [1.82, 2.24) is 0 Å². The summed E-state index contributed by atoms with van der Waals surface area (Å²) < 4.78 is 10.3. The first-order chi connectivity index (χ1) is 12.4. The van der Waals surface area contributed by atoms with Crippen LogP contribution in [0.5, 0.6) is 0 Å². The van der Waals surface area contributed by atoms with Crippen LogP contribution in [0.4, 0.5) is 0 Å². The Morgan fingerprint density at radius 1 is 0.769 bits per heavy atom. The maximum atomic E-state index is 11.9. The number of hydrogen-bond acceptors (Lipinski definition) is 6. The van der Waals surface area contributed by atoms with E-state index in [0.29, 0.717) is 12.8 Å². The number of ketones is 4. The van der Waals surface area contributed by atoms with E-state index in [1.165, 1.54) is 13.8 Å². The first-order valence-corrected chi connectivity index (χ1v) is 8.62. The molecule has 0 saturated heterocycles. The third-order valence-corrected chi connectivity index (χ3v) is 3.50. The molecule has 0 fully saturated rings. The lowest BCUT2D eigenvalue weighted by Crippen LogP contribution is -2.15. The van der Waals surface area contributed by atoms with Crippen molar-refractivity contribution in [3.63, 3.8) is 0 Å². The smallest absolute Gasteiger partial charge is 0.162 e. The average Bonchev–Trinajstić information content (AvgIpc) is 2.56. The summed E-state index contributed by atoms with van der Waals surface area (Å²) in [7, 11) is 0. The van der Waals surface area contributed by atoms with Crippen molar-refractivity contribution in [1.29, 1.82) is 0 Å². The van der Waals surface area contributed by atoms with Crippen LogP contribution in [-0.4, -0.2) is 49.6 Å². The lowest BCUT2D eigenvalue weighted by molar-refractivity contribution is -0.126. The van der Waals surface area contributed by atoms with Crippen LogP contribution in [-0.2, 0) is 41.5 Å². The zero-order chi connectivity index (χ0) is 19.4. The van der Waals surface area contributed by atoms with Crippen LogP contribution < -0.4 is 0 Å². The number of hydrogen-bond donors (Lipinski definition) is 0. The number of carbonyl (C=O) groups is 4. The van der Waals surface area contributed by atoms with E-state index in [-0.39, 0.29) is 62.4 Å². The number of ether oxygens (including phenoxy) is 2. The van der Waals surface area contributed by atoms with Crippen molar-refractivity contribution >= 4 is 23.1 Å². The van der Waals surface area contributed by atoms with Crippen molar-refractivity contribution in [2.45, 2.75) is 39.5 Å². The van der Waals surface area contributed by atoms with Gasteiger partial charge in [0.25, 0.3) is 0 Å². The molecule has 0 amide bonds. The minimum absolute atomic E-state index is 0.00469. The summed E-state index contributed by atoms with van der Waals surface area (Å²) in [6.07, 6.45) is 1.20. The molecule has 0 aromatic heterocycles. The minimum Gasteiger partial charge on any atom is -0.371 e. The van der Waals surface area contributed by atoms with E-state index >= 15 is 0 Å². The van der Waals surface area contributed by atoms with Crippen LogP contribution in [0.2, 0.25) is 0 Å². The van der Waals surface area contributed by atoms with E-state index in [4.69, 9.17) is 9.47 Å². The second kappa shape index (κ2) is 12.2. The molecule has 0 aliphatic heterocycles. The fraction of sp³-hybridized carbons (Fsp3) is 0.500. The van der Waals surface area contributed by atoms with Gasteiger partial charge >= 0.3 is 0 Å². The topological polar surface area (TPSA) is 86.7 Å². The lowest BCUT2D eigenvalue weighted by Gasteiger charge is -2.06. The van der Waals surface area contributed by atoms with Gasteiger partial charge in [-0.15, -0.1) is 0 Å². The molecule has 0 atom stereocenters. The highest BCUT2D eigenvalue weighted by molar-refractivity contribution is 5.97. The highest BCUT2D eigenvalue weighted by atomic mass is 16.5. The van der Waals surface area contributed by atoms with Gasteiger partial charge in [-0.1, -0.05) is 24.3 Å². The van der Waals surface area contributed by atoms with Crippen molar-refractivity contribution in [3.8, 4) is 0 Å². The predicted octanol–water partition coefficient (Wildman–Crippen LogP) is 1.90. The fourth-order valence-corrected chi connectivity index (χ4v) is 2.27. The highest BCUT2D eigenvalue weighted by Gasteiger charge is 2.07. The van der Waals surface area contributed by atoms with Crippen LogP contribution in [0.15, 0.2) is 24.3 Å². The maximum Gasteiger partial charge on any atom is 0.162 e. The second-order valence-corrected chi connectivity index (χ2v) is 6.26. The molecule has 0 heterocycles. The summed E-state index contributed by atoms with van der Waals surface area (Å²) in [4.78, 5) is 45.0. The quantitative estimate of drug-likeness (QED) is 0.371. The number of Topliss-reactive ketones (excluding diaryl/α,β-unsaturated/α-hetero) is 4. The Morgan fingerprint density at radius 3 is 1.92 bits per heavy atom. The van der Waals surface area contributed by atoms with E-state index in [9.17, 15) is 19.2 Å². The zero-order valence-corrected chi connectivity index (χ0v) is 15.4. The SMILES string of the molecule is CC(=O)COCCOCC(=O)Cc1ccc(CCC(=O)CC(C)=O)cc1. The summed E-state index contributed by atoms with van der Waals surface area (Å²) in [5, 5.41) is 0. The van der Waals surface area contributed by atoms with Gasteiger partial charge in [0.2, 0.25) is 0 Å². The average molecular weight is 362 g/mol. The van der Waals surface area contributed by atoms with Crippen LogP contribution in [0, 0.1) is 0 Å². The molecule has 1 aromatic rings. The van der Waals surface area contributed by atoms with Crippen LogP contribution in [0.1, 0.15) is 37.8 Å². The Kier molecular flexibility index (Phi) is 10.3. The summed E-state index contributed by atoms with van der Waals surface area (Å²) in [6, 6.07) is 7.50. The molecule has 0 saturated carbocycles. The van der Waals surface area contributed by atoms with Crippen molar-refractivity contribution in [2.24, 2.45) is 0 Å². The highest BCUT2D eigenvalue weighted by Crippen LogP contribution is 2.09. The van der Waals surface area contributed by atoms with Gasteiger partial charge in [0, 0.05) is 12.8 Å². The van der Waals surface area contributed by atoms with Crippen molar-refractivity contribution in [2.75, 3.05) is 26.4 Å². The monoisotopic (exact) mass is 362 g/mol. The summed E-state index contributed by atoms with van der Waals surface area (Å²) >= 11 is 0. The Balaban J connectivity index is 2.24. The van der Waals surface area contributed by atoms with E-state index in [1.807, 2.05) is 24.3 Å². The van der Waals surface area contributed by atoms with E-state index in [2.05, 4.69) is 0 Å². The molecule has 0 spiro atoms. The Hall–Kier alpha value is -2.18. The molecule has 1 rings (SSSR count).